The van der Waals surface area contributed by atoms with Crippen molar-refractivity contribution >= 4 is 23.3 Å². The summed E-state index contributed by atoms with van der Waals surface area (Å²) in [6.45, 7) is 0. The number of hydrogen-bond donors (Lipinski definition) is 2. The number of rotatable bonds is 5. The standard InChI is InChI=1S/C16H22ClNO2/c17-14-8-4-7-12(15(14)18)13(16(19)20)10-9-11-5-2-1-3-6-11/h4,7-8,11,13H,1-3,5-6,9-10,18H2,(H,19,20). The molecule has 0 aromatic heterocycles. The molecule has 0 saturated heterocycles. The van der Waals surface area contributed by atoms with E-state index in [0.29, 0.717) is 28.6 Å². The summed E-state index contributed by atoms with van der Waals surface area (Å²) in [4.78, 5) is 11.5. The minimum absolute atomic E-state index is 0.408. The van der Waals surface area contributed by atoms with Crippen LogP contribution < -0.4 is 5.73 Å². The Bertz CT molecular complexity index is 470. The molecule has 2 rings (SSSR count). The van der Waals surface area contributed by atoms with Gasteiger partial charge in [0.1, 0.15) is 0 Å². The largest absolute Gasteiger partial charge is 0.481 e. The maximum Gasteiger partial charge on any atom is 0.311 e. The van der Waals surface area contributed by atoms with Gasteiger partial charge in [0.15, 0.2) is 0 Å². The van der Waals surface area contributed by atoms with Crippen LogP contribution in [0, 0.1) is 5.92 Å². The minimum atomic E-state index is -0.810. The van der Waals surface area contributed by atoms with Crippen LogP contribution in [0.15, 0.2) is 18.2 Å². The number of anilines is 1. The van der Waals surface area contributed by atoms with Crippen molar-refractivity contribution in [2.75, 3.05) is 5.73 Å². The first kappa shape index (κ1) is 15.2. The van der Waals surface area contributed by atoms with Gasteiger partial charge in [-0.15, -0.1) is 0 Å². The Labute approximate surface area is 125 Å². The molecule has 1 saturated carbocycles. The number of para-hydroxylation sites is 1. The van der Waals surface area contributed by atoms with Crippen molar-refractivity contribution in [2.45, 2.75) is 50.9 Å². The van der Waals surface area contributed by atoms with Crippen molar-refractivity contribution in [3.8, 4) is 0 Å². The zero-order valence-electron chi connectivity index (χ0n) is 11.6. The summed E-state index contributed by atoms with van der Waals surface area (Å²) < 4.78 is 0. The zero-order valence-corrected chi connectivity index (χ0v) is 12.4. The molecule has 0 heterocycles. The van der Waals surface area contributed by atoms with Crippen LogP contribution in [-0.4, -0.2) is 11.1 Å². The highest BCUT2D eigenvalue weighted by Crippen LogP contribution is 2.35. The molecule has 0 amide bonds. The first-order valence-corrected chi connectivity index (χ1v) is 7.74. The first-order chi connectivity index (χ1) is 9.59. The number of nitrogen functional groups attached to an aromatic ring is 1. The summed E-state index contributed by atoms with van der Waals surface area (Å²) in [6, 6.07) is 5.24. The molecule has 1 aromatic rings. The molecule has 0 aliphatic heterocycles. The van der Waals surface area contributed by atoms with Crippen LogP contribution in [0.4, 0.5) is 5.69 Å². The van der Waals surface area contributed by atoms with Crippen LogP contribution >= 0.6 is 11.6 Å². The molecular weight excluding hydrogens is 274 g/mol. The molecular formula is C16H22ClNO2. The minimum Gasteiger partial charge on any atom is -0.481 e. The van der Waals surface area contributed by atoms with E-state index in [9.17, 15) is 9.90 Å². The molecule has 1 aliphatic carbocycles. The quantitative estimate of drug-likeness (QED) is 0.789. The van der Waals surface area contributed by atoms with E-state index in [-0.39, 0.29) is 0 Å². The Morgan fingerprint density at radius 1 is 1.35 bits per heavy atom. The zero-order chi connectivity index (χ0) is 14.5. The molecule has 0 spiro atoms. The molecule has 1 atom stereocenters. The average molecular weight is 296 g/mol. The Morgan fingerprint density at radius 2 is 2.05 bits per heavy atom. The molecule has 3 N–H and O–H groups in total. The lowest BCUT2D eigenvalue weighted by molar-refractivity contribution is -0.139. The van der Waals surface area contributed by atoms with Gasteiger partial charge in [-0.05, 0) is 30.4 Å². The normalized spacial score (nSPS) is 17.9. The summed E-state index contributed by atoms with van der Waals surface area (Å²) in [6.07, 6.45) is 7.95. The third-order valence-electron chi connectivity index (χ3n) is 4.35. The summed E-state index contributed by atoms with van der Waals surface area (Å²) in [5.41, 5.74) is 7.00. The second-order valence-electron chi connectivity index (χ2n) is 5.71. The molecule has 20 heavy (non-hydrogen) atoms. The van der Waals surface area contributed by atoms with E-state index < -0.39 is 11.9 Å². The number of hydrogen-bond acceptors (Lipinski definition) is 2. The molecule has 1 unspecified atom stereocenters. The number of halogens is 1. The van der Waals surface area contributed by atoms with Gasteiger partial charge >= 0.3 is 5.97 Å². The monoisotopic (exact) mass is 295 g/mol. The Balaban J connectivity index is 2.06. The van der Waals surface area contributed by atoms with E-state index in [4.69, 9.17) is 17.3 Å². The van der Waals surface area contributed by atoms with Gasteiger partial charge in [0.2, 0.25) is 0 Å². The molecule has 1 aromatic carbocycles. The SMILES string of the molecule is Nc1c(Cl)cccc1C(CCC1CCCCC1)C(=O)O. The highest BCUT2D eigenvalue weighted by Gasteiger charge is 2.24. The van der Waals surface area contributed by atoms with Gasteiger partial charge in [-0.2, -0.15) is 0 Å². The Hall–Kier alpha value is -1.22. The molecule has 110 valence electrons. The van der Waals surface area contributed by atoms with Crippen LogP contribution in [0.5, 0.6) is 0 Å². The maximum atomic E-state index is 11.5. The third kappa shape index (κ3) is 3.66. The van der Waals surface area contributed by atoms with Crippen molar-refractivity contribution in [3.05, 3.63) is 28.8 Å². The average Bonchev–Trinajstić information content (AvgIpc) is 2.44. The molecule has 1 aliphatic rings. The van der Waals surface area contributed by atoms with E-state index in [1.165, 1.54) is 32.1 Å². The lowest BCUT2D eigenvalue weighted by atomic mass is 9.82. The fraction of sp³-hybridized carbons (Fsp3) is 0.562. The number of carbonyl (C=O) groups is 1. The van der Waals surface area contributed by atoms with E-state index in [1.54, 1.807) is 18.2 Å². The second-order valence-corrected chi connectivity index (χ2v) is 6.12. The van der Waals surface area contributed by atoms with Crippen molar-refractivity contribution in [2.24, 2.45) is 5.92 Å². The number of carboxylic acid groups (broad SMARTS) is 1. The van der Waals surface area contributed by atoms with E-state index in [0.717, 1.165) is 6.42 Å². The van der Waals surface area contributed by atoms with Crippen molar-refractivity contribution in [1.29, 1.82) is 0 Å². The second kappa shape index (κ2) is 6.98. The van der Waals surface area contributed by atoms with Gasteiger partial charge in [-0.1, -0.05) is 55.8 Å². The molecule has 0 radical (unpaired) electrons. The van der Waals surface area contributed by atoms with Gasteiger partial charge < -0.3 is 10.8 Å². The summed E-state index contributed by atoms with van der Waals surface area (Å²) >= 11 is 5.99. The molecule has 4 heteroatoms. The van der Waals surface area contributed by atoms with Crippen molar-refractivity contribution < 1.29 is 9.90 Å². The fourth-order valence-electron chi connectivity index (χ4n) is 3.15. The van der Waals surface area contributed by atoms with Crippen LogP contribution in [0.3, 0.4) is 0 Å². The smallest absolute Gasteiger partial charge is 0.311 e. The summed E-state index contributed by atoms with van der Waals surface area (Å²) in [7, 11) is 0. The van der Waals surface area contributed by atoms with E-state index >= 15 is 0 Å². The van der Waals surface area contributed by atoms with Crippen LogP contribution in [0.2, 0.25) is 5.02 Å². The number of nitrogens with two attached hydrogens (primary N) is 1. The van der Waals surface area contributed by atoms with Crippen LogP contribution in [0.25, 0.3) is 0 Å². The number of carboxylic acids is 1. The molecule has 0 bridgehead atoms. The predicted octanol–water partition coefficient (Wildman–Crippen LogP) is 4.45. The lowest BCUT2D eigenvalue weighted by Gasteiger charge is -2.23. The first-order valence-electron chi connectivity index (χ1n) is 7.36. The van der Waals surface area contributed by atoms with Crippen LogP contribution in [-0.2, 0) is 4.79 Å². The van der Waals surface area contributed by atoms with Gasteiger partial charge in [-0.3, -0.25) is 4.79 Å². The molecule has 3 nitrogen and oxygen atoms in total. The summed E-state index contributed by atoms with van der Waals surface area (Å²) in [5, 5.41) is 9.91. The van der Waals surface area contributed by atoms with Gasteiger partial charge in [0.25, 0.3) is 0 Å². The van der Waals surface area contributed by atoms with Gasteiger partial charge in [-0.25, -0.2) is 0 Å². The predicted molar refractivity (Wildman–Crippen MR) is 82.1 cm³/mol. The highest BCUT2D eigenvalue weighted by molar-refractivity contribution is 6.33. The number of benzene rings is 1. The van der Waals surface area contributed by atoms with Gasteiger partial charge in [0, 0.05) is 0 Å². The van der Waals surface area contributed by atoms with Crippen molar-refractivity contribution in [1.82, 2.24) is 0 Å². The van der Waals surface area contributed by atoms with E-state index in [2.05, 4.69) is 0 Å². The third-order valence-corrected chi connectivity index (χ3v) is 4.68. The topological polar surface area (TPSA) is 63.3 Å². The van der Waals surface area contributed by atoms with E-state index in [1.807, 2.05) is 0 Å². The van der Waals surface area contributed by atoms with Crippen molar-refractivity contribution in [3.63, 3.8) is 0 Å². The van der Waals surface area contributed by atoms with Crippen LogP contribution in [0.1, 0.15) is 56.4 Å². The Morgan fingerprint density at radius 3 is 2.70 bits per heavy atom. The Kier molecular flexibility index (Phi) is 5.30. The number of aliphatic carboxylic acids is 1. The molecule has 1 fully saturated rings. The summed E-state index contributed by atoms with van der Waals surface area (Å²) in [5.74, 6) is -0.684. The maximum absolute atomic E-state index is 11.5. The lowest BCUT2D eigenvalue weighted by Crippen LogP contribution is -2.16. The highest BCUT2D eigenvalue weighted by atomic mass is 35.5. The van der Waals surface area contributed by atoms with Gasteiger partial charge in [0.05, 0.1) is 16.6 Å². The fourth-order valence-corrected chi connectivity index (χ4v) is 3.33.